The number of aromatic nitrogens is 1. The van der Waals surface area contributed by atoms with E-state index in [-0.39, 0.29) is 5.88 Å². The Balaban J connectivity index is 2.20. The van der Waals surface area contributed by atoms with Crippen molar-refractivity contribution < 1.29 is 17.9 Å². The summed E-state index contributed by atoms with van der Waals surface area (Å²) in [6, 6.07) is 4.22. The minimum Gasteiger partial charge on any atom is -0.433 e. The Morgan fingerprint density at radius 3 is 2.76 bits per heavy atom. The molecule has 0 unspecified atom stereocenters. The Kier molecular flexibility index (Phi) is 5.16. The second-order valence-corrected chi connectivity index (χ2v) is 4.44. The van der Waals surface area contributed by atoms with Crippen LogP contribution in [0.3, 0.4) is 0 Å². The fourth-order valence-corrected chi connectivity index (χ4v) is 1.73. The van der Waals surface area contributed by atoms with Crippen LogP contribution in [0.4, 0.5) is 13.2 Å². The van der Waals surface area contributed by atoms with Crippen molar-refractivity contribution in [3.63, 3.8) is 0 Å². The largest absolute Gasteiger partial charge is 0.433 e. The summed E-state index contributed by atoms with van der Waals surface area (Å²) in [5.74, 6) is -2.93. The molecule has 0 atom stereocenters. The maximum absolute atomic E-state index is 14.2. The standard InChI is InChI=1S/C15H15F3N2O/c1-2-6-19-9-10-5-7-20-15(14(10)18)21-13-8-11(16)3-4-12(13)17/h3-5,7-8,19H,2,6,9H2,1H3. The third kappa shape index (κ3) is 3.95. The van der Waals surface area contributed by atoms with Crippen molar-refractivity contribution in [3.05, 3.63) is 53.5 Å². The Hall–Kier alpha value is -2.08. The van der Waals surface area contributed by atoms with Crippen molar-refractivity contribution in [2.24, 2.45) is 0 Å². The van der Waals surface area contributed by atoms with Crippen LogP contribution in [0, 0.1) is 17.5 Å². The highest BCUT2D eigenvalue weighted by Gasteiger charge is 2.14. The summed E-state index contributed by atoms with van der Waals surface area (Å²) < 4.78 is 45.8. The second-order valence-electron chi connectivity index (χ2n) is 4.44. The summed E-state index contributed by atoms with van der Waals surface area (Å²) in [6.07, 6.45) is 2.28. The number of pyridine rings is 1. The number of halogens is 3. The highest BCUT2D eigenvalue weighted by atomic mass is 19.1. The molecule has 0 saturated carbocycles. The zero-order valence-electron chi connectivity index (χ0n) is 11.5. The third-order valence-corrected chi connectivity index (χ3v) is 2.78. The van der Waals surface area contributed by atoms with E-state index in [4.69, 9.17) is 4.74 Å². The number of hydrogen-bond donors (Lipinski definition) is 1. The summed E-state index contributed by atoms with van der Waals surface area (Å²) in [5, 5.41) is 3.05. The number of nitrogens with one attached hydrogen (secondary N) is 1. The summed E-state index contributed by atoms with van der Waals surface area (Å²) in [7, 11) is 0. The van der Waals surface area contributed by atoms with Crippen LogP contribution in [0.5, 0.6) is 11.6 Å². The van der Waals surface area contributed by atoms with Gasteiger partial charge >= 0.3 is 0 Å². The van der Waals surface area contributed by atoms with Gasteiger partial charge in [-0.05, 0) is 31.2 Å². The molecule has 21 heavy (non-hydrogen) atoms. The first-order valence-corrected chi connectivity index (χ1v) is 6.58. The maximum atomic E-state index is 14.2. The normalized spacial score (nSPS) is 10.7. The van der Waals surface area contributed by atoms with E-state index >= 15 is 0 Å². The van der Waals surface area contributed by atoms with Crippen molar-refractivity contribution in [1.82, 2.24) is 10.3 Å². The van der Waals surface area contributed by atoms with Crippen molar-refractivity contribution in [2.45, 2.75) is 19.9 Å². The second kappa shape index (κ2) is 7.08. The van der Waals surface area contributed by atoms with E-state index < -0.39 is 23.2 Å². The van der Waals surface area contributed by atoms with Crippen LogP contribution in [0.2, 0.25) is 0 Å². The molecule has 3 nitrogen and oxygen atoms in total. The Bertz CT molecular complexity index is 620. The molecule has 1 aromatic heterocycles. The molecule has 0 fully saturated rings. The van der Waals surface area contributed by atoms with E-state index in [9.17, 15) is 13.2 Å². The smallest absolute Gasteiger partial charge is 0.256 e. The van der Waals surface area contributed by atoms with Crippen molar-refractivity contribution in [2.75, 3.05) is 6.54 Å². The Labute approximate surface area is 120 Å². The van der Waals surface area contributed by atoms with Gasteiger partial charge in [-0.25, -0.2) is 18.2 Å². The van der Waals surface area contributed by atoms with Crippen LogP contribution in [-0.4, -0.2) is 11.5 Å². The first kappa shape index (κ1) is 15.3. The van der Waals surface area contributed by atoms with Gasteiger partial charge in [0.2, 0.25) is 0 Å². The van der Waals surface area contributed by atoms with Crippen LogP contribution in [0.15, 0.2) is 30.5 Å². The molecule has 0 spiro atoms. The van der Waals surface area contributed by atoms with Gasteiger partial charge in [0.15, 0.2) is 17.4 Å². The lowest BCUT2D eigenvalue weighted by molar-refractivity contribution is 0.391. The monoisotopic (exact) mass is 296 g/mol. The van der Waals surface area contributed by atoms with Crippen molar-refractivity contribution in [3.8, 4) is 11.6 Å². The minimum absolute atomic E-state index is 0.310. The van der Waals surface area contributed by atoms with E-state index in [1.54, 1.807) is 0 Å². The first-order valence-electron chi connectivity index (χ1n) is 6.58. The number of nitrogens with zero attached hydrogens (tertiary/aromatic N) is 1. The van der Waals surface area contributed by atoms with Crippen molar-refractivity contribution >= 4 is 0 Å². The number of hydrogen-bond acceptors (Lipinski definition) is 3. The van der Waals surface area contributed by atoms with Gasteiger partial charge in [-0.3, -0.25) is 0 Å². The highest BCUT2D eigenvalue weighted by Crippen LogP contribution is 2.26. The van der Waals surface area contributed by atoms with E-state index in [2.05, 4.69) is 10.3 Å². The zero-order chi connectivity index (χ0) is 15.2. The summed E-state index contributed by atoms with van der Waals surface area (Å²) in [5.41, 5.74) is 0.352. The number of rotatable bonds is 6. The molecule has 0 amide bonds. The lowest BCUT2D eigenvalue weighted by Crippen LogP contribution is -2.15. The van der Waals surface area contributed by atoms with E-state index in [0.29, 0.717) is 12.1 Å². The Morgan fingerprint density at radius 2 is 2.00 bits per heavy atom. The highest BCUT2D eigenvalue weighted by molar-refractivity contribution is 5.31. The number of ether oxygens (including phenoxy) is 1. The lowest BCUT2D eigenvalue weighted by Gasteiger charge is -2.10. The summed E-state index contributed by atoms with van der Waals surface area (Å²) >= 11 is 0. The number of benzene rings is 1. The molecule has 2 aromatic rings. The molecule has 1 heterocycles. The fourth-order valence-electron chi connectivity index (χ4n) is 1.73. The molecule has 0 aliphatic carbocycles. The van der Waals surface area contributed by atoms with Crippen LogP contribution < -0.4 is 10.1 Å². The van der Waals surface area contributed by atoms with Gasteiger partial charge in [0.05, 0.1) is 0 Å². The van der Waals surface area contributed by atoms with Gasteiger partial charge in [-0.1, -0.05) is 6.92 Å². The van der Waals surface area contributed by atoms with Gasteiger partial charge in [0, 0.05) is 24.4 Å². The van der Waals surface area contributed by atoms with Gasteiger partial charge in [0.25, 0.3) is 5.88 Å². The van der Waals surface area contributed by atoms with E-state index in [1.165, 1.54) is 12.3 Å². The van der Waals surface area contributed by atoms with E-state index in [1.807, 2.05) is 6.92 Å². The molecule has 0 aliphatic rings. The molecular weight excluding hydrogens is 281 g/mol. The Morgan fingerprint density at radius 1 is 1.19 bits per heavy atom. The average molecular weight is 296 g/mol. The topological polar surface area (TPSA) is 34.2 Å². The van der Waals surface area contributed by atoms with Crippen LogP contribution in [-0.2, 0) is 6.54 Å². The third-order valence-electron chi connectivity index (χ3n) is 2.78. The van der Waals surface area contributed by atoms with Crippen molar-refractivity contribution in [1.29, 1.82) is 0 Å². The quantitative estimate of drug-likeness (QED) is 0.824. The van der Waals surface area contributed by atoms with Gasteiger partial charge in [-0.2, -0.15) is 0 Å². The van der Waals surface area contributed by atoms with Gasteiger partial charge in [-0.15, -0.1) is 0 Å². The van der Waals surface area contributed by atoms with Crippen LogP contribution in [0.25, 0.3) is 0 Å². The SMILES string of the molecule is CCCNCc1ccnc(Oc2cc(F)ccc2F)c1F. The van der Waals surface area contributed by atoms with Crippen LogP contribution in [0.1, 0.15) is 18.9 Å². The molecule has 112 valence electrons. The molecular formula is C15H15F3N2O. The lowest BCUT2D eigenvalue weighted by atomic mass is 10.2. The van der Waals surface area contributed by atoms with Gasteiger partial charge < -0.3 is 10.1 Å². The molecule has 0 radical (unpaired) electrons. The average Bonchev–Trinajstić information content (AvgIpc) is 2.47. The predicted octanol–water partition coefficient (Wildman–Crippen LogP) is 3.79. The molecule has 0 aliphatic heterocycles. The molecule has 1 aromatic carbocycles. The molecule has 2 rings (SSSR count). The van der Waals surface area contributed by atoms with Gasteiger partial charge in [0.1, 0.15) is 5.82 Å². The van der Waals surface area contributed by atoms with E-state index in [0.717, 1.165) is 31.2 Å². The summed E-state index contributed by atoms with van der Waals surface area (Å²) in [6.45, 7) is 3.05. The molecule has 0 bridgehead atoms. The summed E-state index contributed by atoms with van der Waals surface area (Å²) in [4.78, 5) is 3.72. The predicted molar refractivity (Wildman–Crippen MR) is 72.6 cm³/mol. The molecule has 6 heteroatoms. The minimum atomic E-state index is -0.785. The molecule has 1 N–H and O–H groups in total. The first-order chi connectivity index (χ1) is 10.1. The maximum Gasteiger partial charge on any atom is 0.256 e. The fraction of sp³-hybridized carbons (Fsp3) is 0.267. The van der Waals surface area contributed by atoms with Crippen LogP contribution >= 0.6 is 0 Å². The molecule has 0 saturated heterocycles. The zero-order valence-corrected chi connectivity index (χ0v) is 11.5.